The van der Waals surface area contributed by atoms with E-state index in [1.165, 1.54) is 25.3 Å². The predicted molar refractivity (Wildman–Crippen MR) is 106 cm³/mol. The maximum Gasteiger partial charge on any atom is 0.185 e. The lowest BCUT2D eigenvalue weighted by Crippen LogP contribution is -1.99. The Morgan fingerprint density at radius 2 is 1.71 bits per heavy atom. The van der Waals surface area contributed by atoms with Gasteiger partial charge in [-0.05, 0) is 68.5 Å². The highest BCUT2D eigenvalue weighted by atomic mass is 19.1. The number of hydrogen-bond acceptors (Lipinski definition) is 4. The molecule has 3 aromatic rings. The molecular formula is C22H21FN2O3. The molecule has 0 amide bonds. The molecule has 28 heavy (non-hydrogen) atoms. The van der Waals surface area contributed by atoms with E-state index in [-0.39, 0.29) is 11.6 Å². The number of benzene rings is 2. The number of aromatic nitrogens is 2. The van der Waals surface area contributed by atoms with Crippen molar-refractivity contribution in [3.63, 3.8) is 0 Å². The fourth-order valence-corrected chi connectivity index (χ4v) is 2.97. The standard InChI is InChI=1S/C22H21FN2O3/c1-14-19(15(2)25(24-14)18-8-6-17(23)7-9-18)10-11-20(26)16-5-12-21(27-3)22(13-16)28-4/h5-13H,1-4H3/b11-10+. The molecule has 1 aromatic heterocycles. The Bertz CT molecular complexity index is 1040. The molecule has 0 fully saturated rings. The van der Waals surface area contributed by atoms with E-state index >= 15 is 0 Å². The Morgan fingerprint density at radius 3 is 2.36 bits per heavy atom. The third kappa shape index (κ3) is 3.81. The van der Waals surface area contributed by atoms with Crippen LogP contribution in [0.2, 0.25) is 0 Å². The summed E-state index contributed by atoms with van der Waals surface area (Å²) in [6.07, 6.45) is 3.25. The van der Waals surface area contributed by atoms with Crippen molar-refractivity contribution in [2.75, 3.05) is 14.2 Å². The molecule has 6 heteroatoms. The van der Waals surface area contributed by atoms with Crippen molar-refractivity contribution in [2.24, 2.45) is 0 Å². The number of allylic oxidation sites excluding steroid dienone is 1. The Morgan fingerprint density at radius 1 is 1.04 bits per heavy atom. The summed E-state index contributed by atoms with van der Waals surface area (Å²) in [7, 11) is 3.07. The number of nitrogens with zero attached hydrogens (tertiary/aromatic N) is 2. The van der Waals surface area contributed by atoms with E-state index in [2.05, 4.69) is 5.10 Å². The second-order valence-corrected chi connectivity index (χ2v) is 6.24. The number of halogens is 1. The van der Waals surface area contributed by atoms with Gasteiger partial charge < -0.3 is 9.47 Å². The zero-order chi connectivity index (χ0) is 20.3. The summed E-state index contributed by atoms with van der Waals surface area (Å²) < 4.78 is 25.3. The van der Waals surface area contributed by atoms with Crippen LogP contribution < -0.4 is 9.47 Å². The van der Waals surface area contributed by atoms with Gasteiger partial charge in [0.05, 0.1) is 25.6 Å². The summed E-state index contributed by atoms with van der Waals surface area (Å²) in [5.74, 6) is 0.605. The predicted octanol–water partition coefficient (Wildman–Crippen LogP) is 4.54. The highest BCUT2D eigenvalue weighted by Crippen LogP contribution is 2.28. The van der Waals surface area contributed by atoms with Gasteiger partial charge in [-0.25, -0.2) is 9.07 Å². The first-order chi connectivity index (χ1) is 13.4. The van der Waals surface area contributed by atoms with Crippen LogP contribution in [-0.4, -0.2) is 29.8 Å². The van der Waals surface area contributed by atoms with Crippen LogP contribution >= 0.6 is 0 Å². The lowest BCUT2D eigenvalue weighted by Gasteiger charge is -2.08. The Kier molecular flexibility index (Phi) is 5.59. The fourth-order valence-electron chi connectivity index (χ4n) is 2.97. The van der Waals surface area contributed by atoms with Crippen LogP contribution in [0, 0.1) is 19.7 Å². The molecule has 0 saturated heterocycles. The molecule has 0 aliphatic heterocycles. The molecule has 0 atom stereocenters. The number of ether oxygens (including phenoxy) is 2. The first kappa shape index (κ1) is 19.4. The first-order valence-electron chi connectivity index (χ1n) is 8.71. The van der Waals surface area contributed by atoms with E-state index in [1.54, 1.807) is 48.2 Å². The van der Waals surface area contributed by atoms with Gasteiger partial charge in [0.2, 0.25) is 0 Å². The van der Waals surface area contributed by atoms with Gasteiger partial charge in [0.25, 0.3) is 0 Å². The largest absolute Gasteiger partial charge is 0.493 e. The Hall–Kier alpha value is -3.41. The number of carbonyl (C=O) groups is 1. The maximum atomic E-state index is 13.2. The number of methoxy groups -OCH3 is 2. The molecule has 0 aliphatic rings. The van der Waals surface area contributed by atoms with E-state index in [0.717, 1.165) is 22.6 Å². The molecule has 0 radical (unpaired) electrons. The summed E-state index contributed by atoms with van der Waals surface area (Å²) in [5, 5.41) is 4.51. The number of hydrogen-bond donors (Lipinski definition) is 0. The second-order valence-electron chi connectivity index (χ2n) is 6.24. The van der Waals surface area contributed by atoms with Gasteiger partial charge >= 0.3 is 0 Å². The lowest BCUT2D eigenvalue weighted by atomic mass is 10.1. The third-order valence-electron chi connectivity index (χ3n) is 4.49. The van der Waals surface area contributed by atoms with Crippen LogP contribution in [0.3, 0.4) is 0 Å². The van der Waals surface area contributed by atoms with Crippen LogP contribution in [0.5, 0.6) is 11.5 Å². The Balaban J connectivity index is 1.88. The van der Waals surface area contributed by atoms with Crippen molar-refractivity contribution >= 4 is 11.9 Å². The SMILES string of the molecule is COc1ccc(C(=O)/C=C/c2c(C)nn(-c3ccc(F)cc3)c2C)cc1OC. The van der Waals surface area contributed by atoms with Gasteiger partial charge in [0.1, 0.15) is 5.82 Å². The highest BCUT2D eigenvalue weighted by Gasteiger charge is 2.12. The first-order valence-corrected chi connectivity index (χ1v) is 8.71. The molecule has 5 nitrogen and oxygen atoms in total. The highest BCUT2D eigenvalue weighted by molar-refractivity contribution is 6.07. The average molecular weight is 380 g/mol. The summed E-state index contributed by atoms with van der Waals surface area (Å²) in [5.41, 5.74) is 3.74. The number of aryl methyl sites for hydroxylation is 1. The number of rotatable bonds is 6. The van der Waals surface area contributed by atoms with Crippen LogP contribution in [-0.2, 0) is 0 Å². The topological polar surface area (TPSA) is 53.3 Å². The zero-order valence-electron chi connectivity index (χ0n) is 16.2. The minimum atomic E-state index is -0.300. The molecule has 2 aromatic carbocycles. The minimum Gasteiger partial charge on any atom is -0.493 e. The zero-order valence-corrected chi connectivity index (χ0v) is 16.2. The van der Waals surface area contributed by atoms with Crippen LogP contribution in [0.15, 0.2) is 48.5 Å². The Labute approximate surface area is 163 Å². The van der Waals surface area contributed by atoms with Gasteiger partial charge in [-0.3, -0.25) is 4.79 Å². The van der Waals surface area contributed by atoms with Gasteiger partial charge in [0, 0.05) is 16.8 Å². The monoisotopic (exact) mass is 380 g/mol. The summed E-state index contributed by atoms with van der Waals surface area (Å²) in [4.78, 5) is 12.6. The molecule has 1 heterocycles. The van der Waals surface area contributed by atoms with Crippen molar-refractivity contribution in [1.29, 1.82) is 0 Å². The van der Waals surface area contributed by atoms with E-state index in [4.69, 9.17) is 9.47 Å². The van der Waals surface area contributed by atoms with Crippen molar-refractivity contribution in [2.45, 2.75) is 13.8 Å². The molecule has 144 valence electrons. The van der Waals surface area contributed by atoms with Gasteiger partial charge in [-0.15, -0.1) is 0 Å². The van der Waals surface area contributed by atoms with E-state index in [0.29, 0.717) is 17.1 Å². The lowest BCUT2D eigenvalue weighted by molar-refractivity contribution is 0.104. The molecule has 0 saturated carbocycles. The maximum absolute atomic E-state index is 13.2. The average Bonchev–Trinajstić information content (AvgIpc) is 2.99. The number of ketones is 1. The molecule has 0 N–H and O–H groups in total. The van der Waals surface area contributed by atoms with Gasteiger partial charge in [-0.2, -0.15) is 5.10 Å². The molecular weight excluding hydrogens is 359 g/mol. The summed E-state index contributed by atoms with van der Waals surface area (Å²) in [6, 6.07) is 11.1. The van der Waals surface area contributed by atoms with Crippen molar-refractivity contribution < 1.29 is 18.7 Å². The van der Waals surface area contributed by atoms with Crippen LogP contribution in [0.1, 0.15) is 27.3 Å². The van der Waals surface area contributed by atoms with Gasteiger partial charge in [0.15, 0.2) is 17.3 Å². The molecule has 0 bridgehead atoms. The van der Waals surface area contributed by atoms with Crippen molar-refractivity contribution in [1.82, 2.24) is 9.78 Å². The van der Waals surface area contributed by atoms with Crippen molar-refractivity contribution in [3.05, 3.63) is 76.9 Å². The molecule has 0 aliphatic carbocycles. The van der Waals surface area contributed by atoms with Crippen LogP contribution in [0.25, 0.3) is 11.8 Å². The minimum absolute atomic E-state index is 0.158. The molecule has 0 unspecified atom stereocenters. The summed E-state index contributed by atoms with van der Waals surface area (Å²) in [6.45, 7) is 3.78. The van der Waals surface area contributed by atoms with Gasteiger partial charge in [-0.1, -0.05) is 0 Å². The van der Waals surface area contributed by atoms with E-state index < -0.39 is 0 Å². The number of carbonyl (C=O) groups excluding carboxylic acids is 1. The van der Waals surface area contributed by atoms with Crippen LogP contribution in [0.4, 0.5) is 4.39 Å². The van der Waals surface area contributed by atoms with Crippen molar-refractivity contribution in [3.8, 4) is 17.2 Å². The second kappa shape index (κ2) is 8.08. The van der Waals surface area contributed by atoms with E-state index in [9.17, 15) is 9.18 Å². The third-order valence-corrected chi connectivity index (χ3v) is 4.49. The molecule has 3 rings (SSSR count). The fraction of sp³-hybridized carbons (Fsp3) is 0.182. The normalized spacial score (nSPS) is 11.0. The summed E-state index contributed by atoms with van der Waals surface area (Å²) >= 11 is 0. The quantitative estimate of drug-likeness (QED) is 0.465. The molecule has 0 spiro atoms. The van der Waals surface area contributed by atoms with E-state index in [1.807, 2.05) is 13.8 Å². The smallest absolute Gasteiger partial charge is 0.185 e.